The largest absolute Gasteiger partial charge is 0.342 e. The van der Waals surface area contributed by atoms with Crippen LogP contribution in [0.1, 0.15) is 31.7 Å². The van der Waals surface area contributed by atoms with Gasteiger partial charge in [-0.2, -0.15) is 0 Å². The Morgan fingerprint density at radius 3 is 2.68 bits per heavy atom. The highest BCUT2D eigenvalue weighted by molar-refractivity contribution is 5.89. The summed E-state index contributed by atoms with van der Waals surface area (Å²) in [6.45, 7) is 4.67. The van der Waals surface area contributed by atoms with E-state index in [0.29, 0.717) is 25.4 Å². The molecule has 0 saturated carbocycles. The van der Waals surface area contributed by atoms with Crippen LogP contribution in [-0.4, -0.2) is 47.3 Å². The van der Waals surface area contributed by atoms with Gasteiger partial charge in [-0.3, -0.25) is 9.59 Å². The van der Waals surface area contributed by atoms with Crippen molar-refractivity contribution in [3.05, 3.63) is 35.9 Å². The number of carbonyl (C=O) groups excluding carboxylic acids is 2. The average Bonchev–Trinajstić information content (AvgIpc) is 2.96. The maximum Gasteiger partial charge on any atom is 0.228 e. The van der Waals surface area contributed by atoms with Gasteiger partial charge in [0.1, 0.15) is 0 Å². The Labute approximate surface area is 155 Å². The molecule has 1 aromatic carbocycles. The fourth-order valence-corrected chi connectivity index (χ4v) is 3.79. The van der Waals surface area contributed by atoms with Crippen molar-refractivity contribution >= 4 is 24.2 Å². The fourth-order valence-electron chi connectivity index (χ4n) is 3.79. The molecule has 0 aliphatic carbocycles. The summed E-state index contributed by atoms with van der Waals surface area (Å²) in [7, 11) is 0. The molecule has 2 amide bonds. The van der Waals surface area contributed by atoms with E-state index in [-0.39, 0.29) is 36.2 Å². The van der Waals surface area contributed by atoms with Gasteiger partial charge in [-0.05, 0) is 31.2 Å². The predicted molar refractivity (Wildman–Crippen MR) is 100 cm³/mol. The Balaban J connectivity index is 0.00000225. The summed E-state index contributed by atoms with van der Waals surface area (Å²) in [5, 5.41) is 0. The van der Waals surface area contributed by atoms with E-state index >= 15 is 0 Å². The first-order chi connectivity index (χ1) is 11.5. The standard InChI is InChI=1S/C19H27N3O2.ClH/c1-14(20)16-8-5-9-21(12-16)19(24)17-10-18(23)22(13-17)11-15-6-3-2-4-7-15;/h2-4,6-7,14,16-17H,5,8-13,20H2,1H3;1H. The van der Waals surface area contributed by atoms with E-state index in [2.05, 4.69) is 0 Å². The molecule has 2 aliphatic rings. The topological polar surface area (TPSA) is 66.6 Å². The third-order valence-electron chi connectivity index (χ3n) is 5.29. The van der Waals surface area contributed by atoms with Gasteiger partial charge in [0.05, 0.1) is 5.92 Å². The lowest BCUT2D eigenvalue weighted by Crippen LogP contribution is -2.47. The normalized spacial score (nSPS) is 24.8. The summed E-state index contributed by atoms with van der Waals surface area (Å²) in [6, 6.07) is 10.1. The molecule has 138 valence electrons. The fraction of sp³-hybridized carbons (Fsp3) is 0.579. The second-order valence-corrected chi connectivity index (χ2v) is 7.21. The van der Waals surface area contributed by atoms with Gasteiger partial charge in [0.15, 0.2) is 0 Å². The minimum atomic E-state index is -0.201. The van der Waals surface area contributed by atoms with Crippen molar-refractivity contribution in [1.29, 1.82) is 0 Å². The van der Waals surface area contributed by atoms with Gasteiger partial charge in [-0.1, -0.05) is 30.3 Å². The van der Waals surface area contributed by atoms with Crippen molar-refractivity contribution in [2.24, 2.45) is 17.6 Å². The number of likely N-dealkylation sites (tertiary alicyclic amines) is 2. The van der Waals surface area contributed by atoms with Gasteiger partial charge in [-0.25, -0.2) is 0 Å². The minimum Gasteiger partial charge on any atom is -0.342 e. The van der Waals surface area contributed by atoms with E-state index in [1.54, 1.807) is 0 Å². The first kappa shape index (κ1) is 19.7. The number of benzene rings is 1. The maximum atomic E-state index is 12.8. The zero-order valence-corrected chi connectivity index (χ0v) is 15.6. The summed E-state index contributed by atoms with van der Waals surface area (Å²) >= 11 is 0. The van der Waals surface area contributed by atoms with Crippen LogP contribution in [0, 0.1) is 11.8 Å². The van der Waals surface area contributed by atoms with Crippen LogP contribution in [0.5, 0.6) is 0 Å². The van der Waals surface area contributed by atoms with E-state index in [1.165, 1.54) is 0 Å². The highest BCUT2D eigenvalue weighted by Gasteiger charge is 2.37. The second kappa shape index (κ2) is 8.68. The van der Waals surface area contributed by atoms with Crippen LogP contribution in [0.2, 0.25) is 0 Å². The van der Waals surface area contributed by atoms with Crippen LogP contribution in [0.4, 0.5) is 0 Å². The number of hydrogen-bond donors (Lipinski definition) is 1. The molecule has 0 spiro atoms. The summed E-state index contributed by atoms with van der Waals surface area (Å²) in [6.07, 6.45) is 2.43. The molecule has 1 aromatic rings. The van der Waals surface area contributed by atoms with E-state index in [0.717, 1.165) is 31.5 Å². The van der Waals surface area contributed by atoms with E-state index < -0.39 is 0 Å². The number of amides is 2. The molecule has 6 heteroatoms. The molecule has 3 atom stereocenters. The summed E-state index contributed by atoms with van der Waals surface area (Å²) in [5.74, 6) is 0.385. The third kappa shape index (κ3) is 4.73. The molecular formula is C19H28ClN3O2. The first-order valence-corrected chi connectivity index (χ1v) is 8.90. The molecule has 2 saturated heterocycles. The maximum absolute atomic E-state index is 12.8. The number of nitrogens with two attached hydrogens (primary N) is 1. The smallest absolute Gasteiger partial charge is 0.228 e. The second-order valence-electron chi connectivity index (χ2n) is 7.21. The third-order valence-corrected chi connectivity index (χ3v) is 5.29. The van der Waals surface area contributed by atoms with Crippen LogP contribution in [0.25, 0.3) is 0 Å². The molecular weight excluding hydrogens is 338 g/mol. The molecule has 0 bridgehead atoms. The van der Waals surface area contributed by atoms with Crippen LogP contribution < -0.4 is 5.73 Å². The van der Waals surface area contributed by atoms with Gasteiger partial charge in [0.25, 0.3) is 0 Å². The SMILES string of the molecule is CC(N)C1CCCN(C(=O)C2CC(=O)N(Cc3ccccc3)C2)C1.Cl. The summed E-state index contributed by atoms with van der Waals surface area (Å²) in [5.41, 5.74) is 7.12. The van der Waals surface area contributed by atoms with Crippen LogP contribution in [0.15, 0.2) is 30.3 Å². The van der Waals surface area contributed by atoms with Crippen LogP contribution in [0.3, 0.4) is 0 Å². The number of hydrogen-bond acceptors (Lipinski definition) is 3. The van der Waals surface area contributed by atoms with Gasteiger partial charge in [0.2, 0.25) is 11.8 Å². The van der Waals surface area contributed by atoms with Gasteiger partial charge in [-0.15, -0.1) is 12.4 Å². The summed E-state index contributed by atoms with van der Waals surface area (Å²) < 4.78 is 0. The van der Waals surface area contributed by atoms with E-state index in [4.69, 9.17) is 5.73 Å². The molecule has 0 radical (unpaired) electrons. The van der Waals surface area contributed by atoms with Crippen LogP contribution >= 0.6 is 12.4 Å². The van der Waals surface area contributed by atoms with E-state index in [1.807, 2.05) is 47.1 Å². The van der Waals surface area contributed by atoms with Crippen molar-refractivity contribution in [1.82, 2.24) is 9.80 Å². The zero-order valence-electron chi connectivity index (χ0n) is 14.8. The molecule has 2 N–H and O–H groups in total. The Hall–Kier alpha value is -1.59. The molecule has 2 fully saturated rings. The van der Waals surface area contributed by atoms with Crippen LogP contribution in [-0.2, 0) is 16.1 Å². The number of carbonyl (C=O) groups is 2. The van der Waals surface area contributed by atoms with Gasteiger partial charge < -0.3 is 15.5 Å². The van der Waals surface area contributed by atoms with Crippen molar-refractivity contribution < 1.29 is 9.59 Å². The van der Waals surface area contributed by atoms with Crippen molar-refractivity contribution in [2.45, 2.75) is 38.8 Å². The Kier molecular flexibility index (Phi) is 6.85. The number of piperidine rings is 1. The highest BCUT2D eigenvalue weighted by Crippen LogP contribution is 2.25. The minimum absolute atomic E-state index is 0. The Morgan fingerprint density at radius 1 is 1.28 bits per heavy atom. The monoisotopic (exact) mass is 365 g/mol. The molecule has 3 unspecified atom stereocenters. The van der Waals surface area contributed by atoms with Crippen molar-refractivity contribution in [3.63, 3.8) is 0 Å². The lowest BCUT2D eigenvalue weighted by atomic mass is 9.91. The lowest BCUT2D eigenvalue weighted by Gasteiger charge is -2.35. The molecule has 5 nitrogen and oxygen atoms in total. The average molecular weight is 366 g/mol. The molecule has 25 heavy (non-hydrogen) atoms. The van der Waals surface area contributed by atoms with Crippen molar-refractivity contribution in [2.75, 3.05) is 19.6 Å². The lowest BCUT2D eigenvalue weighted by molar-refractivity contribution is -0.137. The number of rotatable bonds is 4. The van der Waals surface area contributed by atoms with Gasteiger partial charge >= 0.3 is 0 Å². The predicted octanol–water partition coefficient (Wildman–Crippen LogP) is 2.04. The quantitative estimate of drug-likeness (QED) is 0.887. The number of halogens is 1. The Bertz CT molecular complexity index is 594. The highest BCUT2D eigenvalue weighted by atomic mass is 35.5. The molecule has 2 heterocycles. The number of nitrogens with zero attached hydrogens (tertiary/aromatic N) is 2. The van der Waals surface area contributed by atoms with Crippen molar-refractivity contribution in [3.8, 4) is 0 Å². The Morgan fingerprint density at radius 2 is 2.00 bits per heavy atom. The summed E-state index contributed by atoms with van der Waals surface area (Å²) in [4.78, 5) is 28.8. The zero-order chi connectivity index (χ0) is 17.1. The van der Waals surface area contributed by atoms with Gasteiger partial charge in [0, 0.05) is 38.6 Å². The first-order valence-electron chi connectivity index (χ1n) is 8.90. The van der Waals surface area contributed by atoms with E-state index in [9.17, 15) is 9.59 Å². The molecule has 2 aliphatic heterocycles. The molecule has 0 aromatic heterocycles. The molecule has 3 rings (SSSR count).